The molecule has 1 saturated heterocycles. The van der Waals surface area contributed by atoms with Gasteiger partial charge in [-0.3, -0.25) is 15.0 Å². The molecule has 1 aliphatic rings. The Morgan fingerprint density at radius 3 is 2.29 bits per heavy atom. The standard InChI is InChI=1S/C14H22N4O4S2/c1-9-8-12(11(3)23-9)24(21,22)18-6-4-17(5-7-18)10(2)13(19)16-14(15)20/h8,10H,4-7H2,1-3H3,(H3,15,16,19,20). The van der Waals surface area contributed by atoms with Crippen LogP contribution in [0.15, 0.2) is 11.0 Å². The minimum atomic E-state index is -3.52. The summed E-state index contributed by atoms with van der Waals surface area (Å²) in [5, 5.41) is 2.05. The highest BCUT2D eigenvalue weighted by Gasteiger charge is 2.33. The number of primary amides is 1. The van der Waals surface area contributed by atoms with Crippen LogP contribution in [0.4, 0.5) is 4.79 Å². The number of rotatable bonds is 4. The molecule has 10 heteroatoms. The van der Waals surface area contributed by atoms with Crippen LogP contribution in [0.5, 0.6) is 0 Å². The van der Waals surface area contributed by atoms with Crippen LogP contribution in [-0.4, -0.2) is 61.8 Å². The summed E-state index contributed by atoms with van der Waals surface area (Å²) >= 11 is 1.46. The quantitative estimate of drug-likeness (QED) is 0.785. The van der Waals surface area contributed by atoms with Gasteiger partial charge in [0.05, 0.1) is 10.9 Å². The van der Waals surface area contributed by atoms with Crippen molar-refractivity contribution in [1.82, 2.24) is 14.5 Å². The zero-order valence-corrected chi connectivity index (χ0v) is 15.5. The Morgan fingerprint density at radius 2 is 1.83 bits per heavy atom. The van der Waals surface area contributed by atoms with Crippen LogP contribution < -0.4 is 11.1 Å². The number of urea groups is 1. The predicted molar refractivity (Wildman–Crippen MR) is 91.3 cm³/mol. The summed E-state index contributed by atoms with van der Waals surface area (Å²) in [7, 11) is -3.52. The number of sulfonamides is 1. The number of imide groups is 1. The maximum atomic E-state index is 12.8. The average Bonchev–Trinajstić information content (AvgIpc) is 2.85. The highest BCUT2D eigenvalue weighted by Crippen LogP contribution is 2.28. The first-order valence-corrected chi connectivity index (χ1v) is 9.80. The number of amides is 3. The van der Waals surface area contributed by atoms with Crippen LogP contribution in [0.2, 0.25) is 0 Å². The number of nitrogens with one attached hydrogen (secondary N) is 1. The van der Waals surface area contributed by atoms with E-state index in [9.17, 15) is 18.0 Å². The van der Waals surface area contributed by atoms with Crippen LogP contribution in [0.1, 0.15) is 16.7 Å². The van der Waals surface area contributed by atoms with E-state index in [-0.39, 0.29) is 0 Å². The normalized spacial score (nSPS) is 18.3. The zero-order valence-electron chi connectivity index (χ0n) is 13.9. The van der Waals surface area contributed by atoms with Gasteiger partial charge in [0.2, 0.25) is 15.9 Å². The molecule has 0 bridgehead atoms. The number of nitrogens with two attached hydrogens (primary N) is 1. The number of hydrogen-bond acceptors (Lipinski definition) is 6. The van der Waals surface area contributed by atoms with E-state index in [0.29, 0.717) is 31.1 Å². The molecule has 1 aliphatic heterocycles. The second-order valence-corrected chi connectivity index (χ2v) is 9.11. The fourth-order valence-electron chi connectivity index (χ4n) is 2.73. The molecule has 2 rings (SSSR count). The average molecular weight is 374 g/mol. The van der Waals surface area contributed by atoms with Crippen molar-refractivity contribution in [2.45, 2.75) is 31.7 Å². The van der Waals surface area contributed by atoms with Crippen molar-refractivity contribution >= 4 is 33.3 Å². The molecule has 1 fully saturated rings. The van der Waals surface area contributed by atoms with Crippen molar-refractivity contribution in [2.24, 2.45) is 5.73 Å². The van der Waals surface area contributed by atoms with Gasteiger partial charge in [0.1, 0.15) is 0 Å². The van der Waals surface area contributed by atoms with Crippen LogP contribution in [0, 0.1) is 13.8 Å². The zero-order chi connectivity index (χ0) is 18.1. The van der Waals surface area contributed by atoms with Gasteiger partial charge in [-0.25, -0.2) is 13.2 Å². The van der Waals surface area contributed by atoms with Gasteiger partial charge >= 0.3 is 6.03 Å². The first-order chi connectivity index (χ1) is 11.1. The topological polar surface area (TPSA) is 113 Å². The number of aryl methyl sites for hydroxylation is 2. The molecule has 134 valence electrons. The number of carbonyl (C=O) groups excluding carboxylic acids is 2. The van der Waals surface area contributed by atoms with E-state index in [2.05, 4.69) is 0 Å². The Morgan fingerprint density at radius 1 is 1.25 bits per heavy atom. The lowest BCUT2D eigenvalue weighted by Crippen LogP contribution is -2.55. The summed E-state index contributed by atoms with van der Waals surface area (Å²) in [4.78, 5) is 26.5. The summed E-state index contributed by atoms with van der Waals surface area (Å²) in [5.41, 5.74) is 4.94. The lowest BCUT2D eigenvalue weighted by atomic mass is 10.2. The largest absolute Gasteiger partial charge is 0.351 e. The highest BCUT2D eigenvalue weighted by atomic mass is 32.2. The molecule has 3 N–H and O–H groups in total. The first-order valence-electron chi connectivity index (χ1n) is 7.54. The van der Waals surface area contributed by atoms with E-state index in [4.69, 9.17) is 5.73 Å². The molecule has 24 heavy (non-hydrogen) atoms. The molecule has 1 atom stereocenters. The van der Waals surface area contributed by atoms with E-state index in [1.165, 1.54) is 15.6 Å². The van der Waals surface area contributed by atoms with Crippen LogP contribution >= 0.6 is 11.3 Å². The molecule has 0 aromatic carbocycles. The van der Waals surface area contributed by atoms with Gasteiger partial charge in [-0.1, -0.05) is 0 Å². The minimum Gasteiger partial charge on any atom is -0.351 e. The van der Waals surface area contributed by atoms with Gasteiger partial charge in [0.15, 0.2) is 0 Å². The molecule has 0 aliphatic carbocycles. The Labute approximate surface area is 145 Å². The predicted octanol–water partition coefficient (Wildman–Crippen LogP) is 0.255. The number of thiophene rings is 1. The number of nitrogens with zero attached hydrogens (tertiary/aromatic N) is 2. The number of carbonyl (C=O) groups is 2. The summed E-state index contributed by atoms with van der Waals surface area (Å²) < 4.78 is 26.9. The molecular weight excluding hydrogens is 352 g/mol. The maximum absolute atomic E-state index is 12.8. The molecule has 0 spiro atoms. The SMILES string of the molecule is Cc1cc(S(=O)(=O)N2CCN(C(C)C(=O)NC(N)=O)CC2)c(C)s1. The third-order valence-corrected chi connectivity index (χ3v) is 7.18. The van der Waals surface area contributed by atoms with Gasteiger partial charge in [0.25, 0.3) is 0 Å². The van der Waals surface area contributed by atoms with E-state index in [1.54, 1.807) is 19.9 Å². The smallest absolute Gasteiger partial charge is 0.318 e. The van der Waals surface area contributed by atoms with Crippen LogP contribution in [0.25, 0.3) is 0 Å². The summed E-state index contributed by atoms with van der Waals surface area (Å²) in [6.45, 7) is 6.76. The molecule has 1 unspecified atom stereocenters. The fourth-order valence-corrected chi connectivity index (χ4v) is 5.67. The van der Waals surface area contributed by atoms with Gasteiger partial charge in [-0.05, 0) is 26.8 Å². The molecule has 0 radical (unpaired) electrons. The summed E-state index contributed by atoms with van der Waals surface area (Å²) in [6.07, 6.45) is 0. The van der Waals surface area contributed by atoms with E-state index >= 15 is 0 Å². The molecule has 8 nitrogen and oxygen atoms in total. The number of hydrogen-bond donors (Lipinski definition) is 2. The Bertz CT molecular complexity index is 736. The molecule has 2 heterocycles. The van der Waals surface area contributed by atoms with Crippen molar-refractivity contribution in [3.05, 3.63) is 15.8 Å². The first kappa shape index (κ1) is 18.8. The van der Waals surface area contributed by atoms with Crippen molar-refractivity contribution in [2.75, 3.05) is 26.2 Å². The third-order valence-electron chi connectivity index (χ3n) is 4.06. The summed E-state index contributed by atoms with van der Waals surface area (Å²) in [5.74, 6) is -0.483. The van der Waals surface area contributed by atoms with Crippen LogP contribution in [-0.2, 0) is 14.8 Å². The Balaban J connectivity index is 2.03. The van der Waals surface area contributed by atoms with Gasteiger partial charge < -0.3 is 5.73 Å². The lowest BCUT2D eigenvalue weighted by Gasteiger charge is -2.36. The second kappa shape index (κ2) is 7.18. The lowest BCUT2D eigenvalue weighted by molar-refractivity contribution is -0.125. The minimum absolute atomic E-state index is 0.296. The molecule has 1 aromatic rings. The molecular formula is C14H22N4O4S2. The van der Waals surface area contributed by atoms with Crippen molar-refractivity contribution in [3.8, 4) is 0 Å². The van der Waals surface area contributed by atoms with Crippen molar-refractivity contribution < 1.29 is 18.0 Å². The second-order valence-electron chi connectivity index (χ2n) is 5.75. The Hall–Kier alpha value is -1.49. The van der Waals surface area contributed by atoms with E-state index in [1.807, 2.05) is 17.1 Å². The third kappa shape index (κ3) is 3.94. The molecule has 0 saturated carbocycles. The highest BCUT2D eigenvalue weighted by molar-refractivity contribution is 7.89. The monoisotopic (exact) mass is 374 g/mol. The van der Waals surface area contributed by atoms with Gasteiger partial charge in [0, 0.05) is 35.9 Å². The van der Waals surface area contributed by atoms with Crippen LogP contribution in [0.3, 0.4) is 0 Å². The van der Waals surface area contributed by atoms with Crippen molar-refractivity contribution in [3.63, 3.8) is 0 Å². The number of piperazine rings is 1. The molecule has 3 amide bonds. The van der Waals surface area contributed by atoms with Gasteiger partial charge in [-0.15, -0.1) is 11.3 Å². The van der Waals surface area contributed by atoms with E-state index < -0.39 is 28.0 Å². The maximum Gasteiger partial charge on any atom is 0.318 e. The van der Waals surface area contributed by atoms with Gasteiger partial charge in [-0.2, -0.15) is 4.31 Å². The summed E-state index contributed by atoms with van der Waals surface area (Å²) in [6, 6.07) is 0.258. The molecule has 1 aromatic heterocycles. The fraction of sp³-hybridized carbons (Fsp3) is 0.571. The Kier molecular flexibility index (Phi) is 5.63. The van der Waals surface area contributed by atoms with Crippen molar-refractivity contribution in [1.29, 1.82) is 0 Å². The van der Waals surface area contributed by atoms with E-state index in [0.717, 1.165) is 9.75 Å².